The topological polar surface area (TPSA) is 37.8 Å². The maximum atomic E-state index is 5.65. The fraction of sp³-hybridized carbons (Fsp3) is 0.500. The Morgan fingerprint density at radius 2 is 2.38 bits per heavy atom. The third-order valence-corrected chi connectivity index (χ3v) is 2.38. The van der Waals surface area contributed by atoms with Crippen LogP contribution in [0.3, 0.4) is 0 Å². The average molecular weight is 218 g/mol. The van der Waals surface area contributed by atoms with Crippen molar-refractivity contribution >= 4 is 29.2 Å². The van der Waals surface area contributed by atoms with Gasteiger partial charge in [0.1, 0.15) is 5.82 Å². The summed E-state index contributed by atoms with van der Waals surface area (Å²) in [6.07, 6.45) is 4.58. The van der Waals surface area contributed by atoms with Gasteiger partial charge in [-0.15, -0.1) is 11.6 Å². The number of nitrogens with zero attached hydrogens (tertiary/aromatic N) is 2. The number of thioether (sulfide) groups is 1. The van der Waals surface area contributed by atoms with Gasteiger partial charge in [0.2, 0.25) is 0 Å². The van der Waals surface area contributed by atoms with E-state index in [1.165, 1.54) is 11.8 Å². The average Bonchev–Trinajstić information content (AvgIpc) is 2.19. The number of halogens is 1. The Balaban J connectivity index is 2.93. The minimum atomic E-state index is 0.594. The molecule has 0 aliphatic carbocycles. The van der Waals surface area contributed by atoms with Gasteiger partial charge < -0.3 is 5.32 Å². The molecule has 1 aromatic rings. The summed E-state index contributed by atoms with van der Waals surface area (Å²) < 4.78 is 0. The second-order valence-electron chi connectivity index (χ2n) is 2.42. The van der Waals surface area contributed by atoms with Gasteiger partial charge >= 0.3 is 0 Å². The van der Waals surface area contributed by atoms with Crippen LogP contribution < -0.4 is 5.32 Å². The third-order valence-electron chi connectivity index (χ3n) is 1.63. The van der Waals surface area contributed by atoms with E-state index in [0.717, 1.165) is 23.0 Å². The van der Waals surface area contributed by atoms with Gasteiger partial charge in [0, 0.05) is 24.7 Å². The fourth-order valence-electron chi connectivity index (χ4n) is 0.990. The van der Waals surface area contributed by atoms with Gasteiger partial charge in [-0.2, -0.15) is 0 Å². The number of aromatic nitrogens is 2. The van der Waals surface area contributed by atoms with Crippen molar-refractivity contribution in [1.29, 1.82) is 0 Å². The Morgan fingerprint density at radius 1 is 1.62 bits per heavy atom. The smallest absolute Gasteiger partial charge is 0.189 e. The Bertz CT molecular complexity index is 280. The minimum Gasteiger partial charge on any atom is -0.373 e. The van der Waals surface area contributed by atoms with E-state index >= 15 is 0 Å². The monoisotopic (exact) mass is 217 g/mol. The maximum absolute atomic E-state index is 5.65. The van der Waals surface area contributed by atoms with Gasteiger partial charge in [-0.1, -0.05) is 11.8 Å². The SMILES string of the molecule is CNc1nc(SC)ncc1CCCl. The summed E-state index contributed by atoms with van der Waals surface area (Å²) in [6, 6.07) is 0. The quantitative estimate of drug-likeness (QED) is 0.476. The number of rotatable bonds is 4. The first-order valence-corrected chi connectivity index (χ1v) is 5.71. The molecule has 0 saturated carbocycles. The summed E-state index contributed by atoms with van der Waals surface area (Å²) in [5, 5.41) is 3.81. The maximum Gasteiger partial charge on any atom is 0.189 e. The molecule has 0 saturated heterocycles. The first-order valence-electron chi connectivity index (χ1n) is 3.95. The van der Waals surface area contributed by atoms with Crippen LogP contribution in [-0.4, -0.2) is 29.2 Å². The highest BCUT2D eigenvalue weighted by Gasteiger charge is 2.04. The van der Waals surface area contributed by atoms with Crippen molar-refractivity contribution in [2.24, 2.45) is 0 Å². The molecular weight excluding hydrogens is 206 g/mol. The van der Waals surface area contributed by atoms with E-state index in [1.807, 2.05) is 19.5 Å². The lowest BCUT2D eigenvalue weighted by atomic mass is 10.2. The molecule has 0 aliphatic heterocycles. The van der Waals surface area contributed by atoms with Crippen molar-refractivity contribution in [2.45, 2.75) is 11.6 Å². The van der Waals surface area contributed by atoms with E-state index < -0.39 is 0 Å². The summed E-state index contributed by atoms with van der Waals surface area (Å²) in [5.74, 6) is 1.47. The molecule has 13 heavy (non-hydrogen) atoms. The predicted octanol–water partition coefficient (Wildman–Crippen LogP) is 2.02. The Morgan fingerprint density at radius 3 is 2.92 bits per heavy atom. The third kappa shape index (κ3) is 2.74. The van der Waals surface area contributed by atoms with Crippen LogP contribution in [0.1, 0.15) is 5.56 Å². The molecule has 0 aliphatic rings. The van der Waals surface area contributed by atoms with E-state index in [-0.39, 0.29) is 0 Å². The van der Waals surface area contributed by atoms with Crippen LogP contribution in [0.25, 0.3) is 0 Å². The zero-order valence-electron chi connectivity index (χ0n) is 7.67. The molecule has 0 spiro atoms. The molecule has 0 radical (unpaired) electrons. The number of aryl methyl sites for hydroxylation is 1. The van der Waals surface area contributed by atoms with Crippen molar-refractivity contribution in [1.82, 2.24) is 9.97 Å². The lowest BCUT2D eigenvalue weighted by Crippen LogP contribution is -2.02. The van der Waals surface area contributed by atoms with Crippen molar-refractivity contribution < 1.29 is 0 Å². The zero-order valence-corrected chi connectivity index (χ0v) is 9.24. The molecule has 72 valence electrons. The second-order valence-corrected chi connectivity index (χ2v) is 3.57. The van der Waals surface area contributed by atoms with Gasteiger partial charge in [-0.05, 0) is 12.7 Å². The molecule has 0 aromatic carbocycles. The molecule has 3 nitrogen and oxygen atoms in total. The molecule has 0 amide bonds. The highest BCUT2D eigenvalue weighted by molar-refractivity contribution is 7.98. The van der Waals surface area contributed by atoms with E-state index in [9.17, 15) is 0 Å². The standard InChI is InChI=1S/C8H12ClN3S/c1-10-7-6(3-4-9)5-11-8(12-7)13-2/h5H,3-4H2,1-2H3,(H,10,11,12). The molecule has 0 bridgehead atoms. The number of nitrogens with one attached hydrogen (secondary N) is 1. The lowest BCUT2D eigenvalue weighted by molar-refractivity contribution is 0.932. The van der Waals surface area contributed by atoms with Crippen molar-refractivity contribution in [3.63, 3.8) is 0 Å². The van der Waals surface area contributed by atoms with E-state index in [1.54, 1.807) is 0 Å². The molecule has 0 atom stereocenters. The highest BCUT2D eigenvalue weighted by Crippen LogP contribution is 2.16. The molecule has 1 heterocycles. The Labute approximate surface area is 87.3 Å². The van der Waals surface area contributed by atoms with Crippen LogP contribution in [0.15, 0.2) is 11.4 Å². The van der Waals surface area contributed by atoms with Gasteiger partial charge in [0.15, 0.2) is 5.16 Å². The molecule has 5 heteroatoms. The first-order chi connectivity index (χ1) is 6.31. The van der Waals surface area contributed by atoms with Crippen LogP contribution in [0.5, 0.6) is 0 Å². The Kier molecular flexibility index (Phi) is 4.32. The van der Waals surface area contributed by atoms with Crippen molar-refractivity contribution in [3.8, 4) is 0 Å². The van der Waals surface area contributed by atoms with E-state index in [0.29, 0.717) is 5.88 Å². The van der Waals surface area contributed by atoms with Crippen LogP contribution in [-0.2, 0) is 6.42 Å². The van der Waals surface area contributed by atoms with E-state index in [4.69, 9.17) is 11.6 Å². The molecule has 0 unspecified atom stereocenters. The molecular formula is C8H12ClN3S. The highest BCUT2D eigenvalue weighted by atomic mass is 35.5. The van der Waals surface area contributed by atoms with Crippen LogP contribution in [0.4, 0.5) is 5.82 Å². The van der Waals surface area contributed by atoms with Gasteiger partial charge in [0.05, 0.1) is 0 Å². The Hall–Kier alpha value is -0.480. The van der Waals surface area contributed by atoms with Crippen LogP contribution >= 0.6 is 23.4 Å². The van der Waals surface area contributed by atoms with Crippen molar-refractivity contribution in [3.05, 3.63) is 11.8 Å². The van der Waals surface area contributed by atoms with Gasteiger partial charge in [-0.3, -0.25) is 0 Å². The number of anilines is 1. The lowest BCUT2D eigenvalue weighted by Gasteiger charge is -2.06. The van der Waals surface area contributed by atoms with Gasteiger partial charge in [-0.25, -0.2) is 9.97 Å². The van der Waals surface area contributed by atoms with Crippen molar-refractivity contribution in [2.75, 3.05) is 24.5 Å². The minimum absolute atomic E-state index is 0.594. The zero-order chi connectivity index (χ0) is 9.68. The first kappa shape index (κ1) is 10.6. The molecule has 0 fully saturated rings. The summed E-state index contributed by atoms with van der Waals surface area (Å²) in [5.41, 5.74) is 1.07. The largest absolute Gasteiger partial charge is 0.373 e. The van der Waals surface area contributed by atoms with Gasteiger partial charge in [0.25, 0.3) is 0 Å². The summed E-state index contributed by atoms with van der Waals surface area (Å²) in [6.45, 7) is 0. The van der Waals surface area contributed by atoms with Crippen LogP contribution in [0.2, 0.25) is 0 Å². The molecule has 1 N–H and O–H groups in total. The van der Waals surface area contributed by atoms with Crippen LogP contribution in [0, 0.1) is 0 Å². The normalized spacial score (nSPS) is 10.1. The number of hydrogen-bond donors (Lipinski definition) is 1. The predicted molar refractivity (Wildman–Crippen MR) is 57.8 cm³/mol. The van der Waals surface area contributed by atoms with E-state index in [2.05, 4.69) is 15.3 Å². The summed E-state index contributed by atoms with van der Waals surface area (Å²) in [7, 11) is 1.85. The summed E-state index contributed by atoms with van der Waals surface area (Å²) >= 11 is 7.18. The summed E-state index contributed by atoms with van der Waals surface area (Å²) in [4.78, 5) is 8.49. The fourth-order valence-corrected chi connectivity index (χ4v) is 1.53. The number of alkyl halides is 1. The second kappa shape index (κ2) is 5.29. The molecule has 1 aromatic heterocycles. The number of hydrogen-bond acceptors (Lipinski definition) is 4. The molecule has 1 rings (SSSR count).